The van der Waals surface area contributed by atoms with Gasteiger partial charge in [-0.2, -0.15) is 0 Å². The first kappa shape index (κ1) is 18.3. The van der Waals surface area contributed by atoms with Crippen LogP contribution in [-0.4, -0.2) is 33.6 Å². The Morgan fingerprint density at radius 3 is 2.04 bits per heavy atom. The van der Waals surface area contributed by atoms with E-state index in [4.69, 9.17) is 0 Å². The predicted molar refractivity (Wildman–Crippen MR) is 96.4 cm³/mol. The molecule has 0 aromatic heterocycles. The lowest BCUT2D eigenvalue weighted by Gasteiger charge is -2.25. The van der Waals surface area contributed by atoms with Crippen molar-refractivity contribution in [2.45, 2.75) is 23.1 Å². The van der Waals surface area contributed by atoms with Gasteiger partial charge in [0.25, 0.3) is 10.0 Å². The summed E-state index contributed by atoms with van der Waals surface area (Å²) in [6, 6.07) is 13.9. The highest BCUT2D eigenvalue weighted by Crippen LogP contribution is 2.28. The maximum Gasteiger partial charge on any atom is 0.266 e. The van der Waals surface area contributed by atoms with E-state index in [2.05, 4.69) is 0 Å². The first-order chi connectivity index (χ1) is 12.2. The van der Waals surface area contributed by atoms with E-state index in [1.807, 2.05) is 6.92 Å². The Bertz CT molecular complexity index is 1070. The third-order valence-corrected chi connectivity index (χ3v) is 7.79. The van der Waals surface area contributed by atoms with E-state index in [1.54, 1.807) is 30.3 Å². The number of benzene rings is 2. The van der Waals surface area contributed by atoms with Gasteiger partial charge in [-0.1, -0.05) is 35.9 Å². The van der Waals surface area contributed by atoms with E-state index in [1.165, 1.54) is 30.3 Å². The number of nitrogens with zero attached hydrogens (tertiary/aromatic N) is 1. The van der Waals surface area contributed by atoms with Crippen molar-refractivity contribution in [1.29, 1.82) is 0 Å². The van der Waals surface area contributed by atoms with Crippen LogP contribution in [0.15, 0.2) is 75.4 Å². The SMILES string of the molecule is Cc1ccc(S(=O)(=O)N2CC=C(S(=O)(=O)c3ccccc3)CC2=O)cc1. The second kappa shape index (κ2) is 6.69. The van der Waals surface area contributed by atoms with Crippen molar-refractivity contribution in [1.82, 2.24) is 4.31 Å². The second-order valence-electron chi connectivity index (χ2n) is 5.91. The zero-order valence-corrected chi connectivity index (χ0v) is 15.6. The Morgan fingerprint density at radius 1 is 0.846 bits per heavy atom. The van der Waals surface area contributed by atoms with Crippen molar-refractivity contribution in [3.63, 3.8) is 0 Å². The molecule has 8 heteroatoms. The van der Waals surface area contributed by atoms with Gasteiger partial charge in [-0.25, -0.2) is 21.1 Å². The lowest BCUT2D eigenvalue weighted by atomic mass is 10.2. The molecule has 0 atom stereocenters. The van der Waals surface area contributed by atoms with Crippen LogP contribution in [0.25, 0.3) is 0 Å². The van der Waals surface area contributed by atoms with Crippen LogP contribution in [0, 0.1) is 6.92 Å². The van der Waals surface area contributed by atoms with Gasteiger partial charge >= 0.3 is 0 Å². The normalized spacial score (nSPS) is 15.7. The van der Waals surface area contributed by atoms with E-state index in [0.717, 1.165) is 5.56 Å². The van der Waals surface area contributed by atoms with Gasteiger partial charge in [-0.15, -0.1) is 0 Å². The zero-order valence-electron chi connectivity index (χ0n) is 14.0. The Labute approximate surface area is 152 Å². The molecule has 1 heterocycles. The van der Waals surface area contributed by atoms with Crippen molar-refractivity contribution in [3.05, 3.63) is 71.1 Å². The maximum absolute atomic E-state index is 12.7. The van der Waals surface area contributed by atoms with Crippen molar-refractivity contribution < 1.29 is 21.6 Å². The van der Waals surface area contributed by atoms with Crippen LogP contribution >= 0.6 is 0 Å². The third-order valence-electron chi connectivity index (χ3n) is 4.10. The fraction of sp³-hybridized carbons (Fsp3) is 0.167. The van der Waals surface area contributed by atoms with E-state index in [9.17, 15) is 21.6 Å². The molecule has 0 N–H and O–H groups in total. The summed E-state index contributed by atoms with van der Waals surface area (Å²) in [6.07, 6.45) is 0.803. The Morgan fingerprint density at radius 2 is 1.46 bits per heavy atom. The molecule has 1 amide bonds. The molecule has 26 heavy (non-hydrogen) atoms. The Balaban J connectivity index is 1.92. The van der Waals surface area contributed by atoms with Gasteiger partial charge in [0.1, 0.15) is 0 Å². The fourth-order valence-electron chi connectivity index (χ4n) is 2.62. The molecule has 0 unspecified atom stereocenters. The molecule has 0 radical (unpaired) electrons. The molecule has 0 spiro atoms. The van der Waals surface area contributed by atoms with Crippen LogP contribution in [0.5, 0.6) is 0 Å². The molecule has 6 nitrogen and oxygen atoms in total. The summed E-state index contributed by atoms with van der Waals surface area (Å²) in [5.41, 5.74) is 0.894. The highest BCUT2D eigenvalue weighted by atomic mass is 32.2. The van der Waals surface area contributed by atoms with Crippen molar-refractivity contribution >= 4 is 25.8 Å². The molecule has 1 aliphatic rings. The zero-order chi connectivity index (χ0) is 18.9. The van der Waals surface area contributed by atoms with Crippen molar-refractivity contribution in [3.8, 4) is 0 Å². The van der Waals surface area contributed by atoms with Crippen LogP contribution in [-0.2, 0) is 24.7 Å². The molecular weight excluding hydrogens is 374 g/mol. The van der Waals surface area contributed by atoms with Gasteiger partial charge in [0, 0.05) is 0 Å². The monoisotopic (exact) mass is 391 g/mol. The van der Waals surface area contributed by atoms with Gasteiger partial charge in [-0.05, 0) is 37.3 Å². The number of carbonyl (C=O) groups excluding carboxylic acids is 1. The number of sulfone groups is 1. The Kier molecular flexibility index (Phi) is 4.72. The molecule has 0 aliphatic carbocycles. The van der Waals surface area contributed by atoms with E-state index in [0.29, 0.717) is 4.31 Å². The van der Waals surface area contributed by atoms with E-state index >= 15 is 0 Å². The minimum absolute atomic E-state index is 0.000725. The summed E-state index contributed by atoms with van der Waals surface area (Å²) >= 11 is 0. The van der Waals surface area contributed by atoms with Crippen LogP contribution in [0.3, 0.4) is 0 Å². The molecule has 136 valence electrons. The molecule has 3 rings (SSSR count). The molecule has 2 aromatic rings. The molecule has 1 aliphatic heterocycles. The minimum atomic E-state index is -4.02. The quantitative estimate of drug-likeness (QED) is 0.798. The molecule has 0 bridgehead atoms. The first-order valence-corrected chi connectivity index (χ1v) is 10.8. The summed E-state index contributed by atoms with van der Waals surface area (Å²) in [5, 5.41) is 0. The van der Waals surface area contributed by atoms with Crippen molar-refractivity contribution in [2.75, 3.05) is 6.54 Å². The fourth-order valence-corrected chi connectivity index (χ4v) is 5.38. The molecule has 0 saturated carbocycles. The maximum atomic E-state index is 12.7. The molecule has 0 fully saturated rings. The summed E-state index contributed by atoms with van der Waals surface area (Å²) < 4.78 is 51.2. The van der Waals surface area contributed by atoms with Gasteiger partial charge < -0.3 is 0 Å². The number of sulfonamides is 1. The highest BCUT2D eigenvalue weighted by Gasteiger charge is 2.35. The molecule has 2 aromatic carbocycles. The lowest BCUT2D eigenvalue weighted by Crippen LogP contribution is -2.40. The minimum Gasteiger partial charge on any atom is -0.273 e. The number of carbonyl (C=O) groups is 1. The van der Waals surface area contributed by atoms with Gasteiger partial charge in [-0.3, -0.25) is 4.79 Å². The number of rotatable bonds is 4. The highest BCUT2D eigenvalue weighted by molar-refractivity contribution is 7.95. The standard InChI is InChI=1S/C18H17NO5S2/c1-14-7-9-16(10-8-14)26(23,24)19-12-11-17(13-18(19)20)25(21,22)15-5-3-2-4-6-15/h2-11H,12-13H2,1H3. The average Bonchev–Trinajstić information content (AvgIpc) is 2.62. The van der Waals surface area contributed by atoms with E-state index < -0.39 is 32.2 Å². The first-order valence-electron chi connectivity index (χ1n) is 7.84. The van der Waals surface area contributed by atoms with Gasteiger partial charge in [0.15, 0.2) is 0 Å². The second-order valence-corrected chi connectivity index (χ2v) is 9.77. The smallest absolute Gasteiger partial charge is 0.266 e. The topological polar surface area (TPSA) is 88.6 Å². The van der Waals surface area contributed by atoms with Gasteiger partial charge in [0.05, 0.1) is 27.7 Å². The van der Waals surface area contributed by atoms with Crippen LogP contribution < -0.4 is 0 Å². The summed E-state index contributed by atoms with van der Waals surface area (Å²) in [5.74, 6) is -0.761. The van der Waals surface area contributed by atoms with Crippen molar-refractivity contribution in [2.24, 2.45) is 0 Å². The van der Waals surface area contributed by atoms with Crippen LogP contribution in [0.4, 0.5) is 0 Å². The van der Waals surface area contributed by atoms with Crippen LogP contribution in [0.1, 0.15) is 12.0 Å². The van der Waals surface area contributed by atoms with E-state index in [-0.39, 0.29) is 21.2 Å². The van der Waals surface area contributed by atoms with Gasteiger partial charge in [0.2, 0.25) is 15.7 Å². The number of aryl methyl sites for hydroxylation is 1. The average molecular weight is 391 g/mol. The Hall–Kier alpha value is -2.45. The largest absolute Gasteiger partial charge is 0.273 e. The lowest BCUT2D eigenvalue weighted by molar-refractivity contribution is -0.125. The number of hydrogen-bond acceptors (Lipinski definition) is 5. The number of amides is 1. The summed E-state index contributed by atoms with van der Waals surface area (Å²) in [7, 11) is -7.83. The third kappa shape index (κ3) is 3.30. The summed E-state index contributed by atoms with van der Waals surface area (Å²) in [6.45, 7) is 1.52. The summed E-state index contributed by atoms with van der Waals surface area (Å²) in [4.78, 5) is 12.4. The molecule has 0 saturated heterocycles. The molecular formula is C18H17NO5S2. The van der Waals surface area contributed by atoms with Crippen LogP contribution in [0.2, 0.25) is 0 Å². The number of hydrogen-bond donors (Lipinski definition) is 0. The predicted octanol–water partition coefficient (Wildman–Crippen LogP) is 2.27.